The summed E-state index contributed by atoms with van der Waals surface area (Å²) in [5.74, 6) is 0.0552. The van der Waals surface area contributed by atoms with Crippen molar-refractivity contribution in [1.82, 2.24) is 10.6 Å². The van der Waals surface area contributed by atoms with Gasteiger partial charge in [-0.25, -0.2) is 0 Å². The Bertz CT molecular complexity index is 5100. The molecule has 2 N–H and O–H groups in total. The van der Waals surface area contributed by atoms with Crippen molar-refractivity contribution < 1.29 is 9.59 Å². The molecule has 12 aromatic heterocycles. The van der Waals surface area contributed by atoms with E-state index in [0.717, 1.165) is 70.7 Å². The quantitative estimate of drug-likeness (QED) is 0.0336. The number of thiophene rings is 12. The van der Waals surface area contributed by atoms with E-state index in [4.69, 9.17) is 0 Å². The summed E-state index contributed by atoms with van der Waals surface area (Å²) >= 11 is 29.9. The van der Waals surface area contributed by atoms with Crippen LogP contribution >= 0.6 is 168 Å². The van der Waals surface area contributed by atoms with Crippen LogP contribution in [-0.2, 0) is 12.8 Å². The van der Waals surface area contributed by atoms with Gasteiger partial charge in [-0.05, 0) is 164 Å². The van der Waals surface area contributed by atoms with Crippen LogP contribution in [0.3, 0.4) is 0 Å². The highest BCUT2D eigenvalue weighted by Crippen LogP contribution is 2.60. The Kier molecular flexibility index (Phi) is 22.6. The summed E-state index contributed by atoms with van der Waals surface area (Å²) in [6.07, 6.45) is 21.1. The van der Waals surface area contributed by atoms with E-state index in [1.54, 1.807) is 22.7 Å². The lowest BCUT2D eigenvalue weighted by Crippen LogP contribution is -2.23. The molecule has 0 unspecified atom stereocenters. The van der Waals surface area contributed by atoms with Crippen LogP contribution in [0.2, 0.25) is 0 Å². The Balaban J connectivity index is 0.954. The van der Waals surface area contributed by atoms with Gasteiger partial charge in [0.05, 0.1) is 52.6 Å². The summed E-state index contributed by atoms with van der Waals surface area (Å²) in [7, 11) is 0. The van der Waals surface area contributed by atoms with Gasteiger partial charge < -0.3 is 10.6 Å². The monoisotopic (exact) mass is 1620 g/mol. The summed E-state index contributed by atoms with van der Waals surface area (Å²) in [6, 6.07) is 33.4. The Hall–Kier alpha value is -3.70. The first-order valence-electron chi connectivity index (χ1n) is 34.0. The number of nitrogens with one attached hydrogen (secondary N) is 2. The maximum absolute atomic E-state index is 14.6. The van der Waals surface area contributed by atoms with Crippen LogP contribution in [0.5, 0.6) is 0 Å². The van der Waals surface area contributed by atoms with E-state index in [1.165, 1.54) is 226 Å². The number of fused-ring (bicyclic) bond motifs is 8. The molecule has 498 valence electrons. The van der Waals surface area contributed by atoms with Crippen molar-refractivity contribution in [3.05, 3.63) is 124 Å². The zero-order valence-electron chi connectivity index (χ0n) is 55.1. The largest absolute Gasteiger partial charge is 0.351 e. The number of rotatable bonds is 31. The summed E-state index contributed by atoms with van der Waals surface area (Å²) in [6.45, 7) is 14.8. The van der Waals surface area contributed by atoms with Crippen molar-refractivity contribution in [2.24, 2.45) is 0 Å². The number of benzene rings is 2. The van der Waals surface area contributed by atoms with Crippen molar-refractivity contribution in [1.29, 1.82) is 0 Å². The van der Waals surface area contributed by atoms with Crippen molar-refractivity contribution >= 4 is 240 Å². The molecule has 0 saturated heterocycles. The molecule has 0 aliphatic rings. The average molecular weight is 1620 g/mol. The molecule has 0 aliphatic heterocycles. The molecule has 18 heteroatoms. The average Bonchev–Trinajstić information content (AvgIpc) is 1.55. The molecule has 0 aliphatic carbocycles. The van der Waals surface area contributed by atoms with Gasteiger partial charge in [-0.3, -0.25) is 9.59 Å². The van der Waals surface area contributed by atoms with Crippen molar-refractivity contribution in [2.75, 3.05) is 23.7 Å². The standard InChI is InChI=1S/C78H78Br2N2O2S12/c1-7-9-11-21-35-81-77(83)62-38-49-46(6)88-75(69(49)94-62)60-40-52-66(56-30-26-44(4)86-56)65(55-29-25-43(3)85-55)51-39-59(91-72(51)73(52)92-60)68-54-42-63(78(84)82-36-22-12-10-8-2)95-74(54)76(96-68)61-41-53-67(58-32-28-48(90-58)24-18-14-16-20-34-80)64(50-37-45(5)87-70(50)71(53)93-61)57-31-27-47(89-57)23-17-13-15-19-33-79/h25-32,37-42H,7-24,33-36H2,1-6H3,(H,81,83)(H,82,84). The predicted molar refractivity (Wildman–Crippen MR) is 448 cm³/mol. The fourth-order valence-electron chi connectivity index (χ4n) is 13.3. The molecule has 14 aromatic rings. The maximum Gasteiger partial charge on any atom is 0.261 e. The Morgan fingerprint density at radius 1 is 0.333 bits per heavy atom. The van der Waals surface area contributed by atoms with Crippen molar-refractivity contribution in [3.8, 4) is 71.0 Å². The number of hydrogen-bond donors (Lipinski definition) is 2. The molecule has 0 fully saturated rings. The Morgan fingerprint density at radius 3 is 1.21 bits per heavy atom. The Labute approximate surface area is 629 Å². The molecule has 2 amide bonds. The van der Waals surface area contributed by atoms with Crippen LogP contribution in [0.25, 0.3) is 132 Å². The molecule has 0 spiro atoms. The van der Waals surface area contributed by atoms with Crippen LogP contribution in [-0.4, -0.2) is 35.6 Å². The molecule has 0 atom stereocenters. The molecule has 2 aromatic carbocycles. The second kappa shape index (κ2) is 31.3. The second-order valence-corrected chi connectivity index (χ2v) is 40.6. The van der Waals surface area contributed by atoms with Crippen molar-refractivity contribution in [2.45, 2.75) is 157 Å². The Morgan fingerprint density at radius 2 is 0.740 bits per heavy atom. The van der Waals surface area contributed by atoms with Gasteiger partial charge in [0.15, 0.2) is 0 Å². The number of carbonyl (C=O) groups excluding carboxylic acids is 2. The van der Waals surface area contributed by atoms with Crippen molar-refractivity contribution in [3.63, 3.8) is 0 Å². The third-order valence-corrected chi connectivity index (χ3v) is 33.8. The van der Waals surface area contributed by atoms with E-state index in [2.05, 4.69) is 169 Å². The normalized spacial score (nSPS) is 12.1. The van der Waals surface area contributed by atoms with Gasteiger partial charge in [0, 0.05) is 142 Å². The highest BCUT2D eigenvalue weighted by atomic mass is 79.9. The lowest BCUT2D eigenvalue weighted by atomic mass is 9.96. The number of alkyl halides is 2. The smallest absolute Gasteiger partial charge is 0.261 e. The van der Waals surface area contributed by atoms with E-state index in [9.17, 15) is 9.59 Å². The molecular formula is C78H78Br2N2O2S12. The van der Waals surface area contributed by atoms with Gasteiger partial charge in [-0.2, -0.15) is 0 Å². The van der Waals surface area contributed by atoms with Gasteiger partial charge >= 0.3 is 0 Å². The van der Waals surface area contributed by atoms with Crippen LogP contribution in [0.4, 0.5) is 0 Å². The van der Waals surface area contributed by atoms with Gasteiger partial charge in [0.25, 0.3) is 11.8 Å². The lowest BCUT2D eigenvalue weighted by Gasteiger charge is -2.11. The highest BCUT2D eigenvalue weighted by Gasteiger charge is 2.31. The van der Waals surface area contributed by atoms with E-state index >= 15 is 0 Å². The first-order valence-corrected chi connectivity index (χ1v) is 46.1. The minimum Gasteiger partial charge on any atom is -0.351 e. The molecule has 14 rings (SSSR count). The highest BCUT2D eigenvalue weighted by molar-refractivity contribution is 9.09. The number of amides is 2. The lowest BCUT2D eigenvalue weighted by molar-refractivity contribution is 0.0948. The maximum atomic E-state index is 14.6. The molecular weight excluding hydrogens is 1540 g/mol. The van der Waals surface area contributed by atoms with Gasteiger partial charge in [-0.15, -0.1) is 136 Å². The minimum atomic E-state index is 0.0220. The number of unbranched alkanes of at least 4 members (excludes halogenated alkanes) is 12. The van der Waals surface area contributed by atoms with Crippen LogP contribution < -0.4 is 10.6 Å². The van der Waals surface area contributed by atoms with E-state index in [1.807, 2.05) is 113 Å². The summed E-state index contributed by atoms with van der Waals surface area (Å²) < 4.78 is 7.73. The van der Waals surface area contributed by atoms with Crippen LogP contribution in [0.1, 0.15) is 165 Å². The van der Waals surface area contributed by atoms with E-state index < -0.39 is 0 Å². The van der Waals surface area contributed by atoms with Crippen LogP contribution in [0, 0.1) is 27.7 Å². The van der Waals surface area contributed by atoms with Gasteiger partial charge in [-0.1, -0.05) is 110 Å². The molecule has 4 nitrogen and oxygen atoms in total. The third-order valence-electron chi connectivity index (χ3n) is 18.2. The van der Waals surface area contributed by atoms with Gasteiger partial charge in [0.1, 0.15) is 0 Å². The first-order chi connectivity index (χ1) is 46.9. The van der Waals surface area contributed by atoms with E-state index in [0.29, 0.717) is 13.1 Å². The number of carbonyl (C=O) groups is 2. The first kappa shape index (κ1) is 69.4. The third kappa shape index (κ3) is 14.3. The summed E-state index contributed by atoms with van der Waals surface area (Å²) in [5, 5.41) is 16.4. The molecule has 12 heterocycles. The fraction of sp³-hybridized carbons (Fsp3) is 0.359. The molecule has 0 radical (unpaired) electrons. The topological polar surface area (TPSA) is 58.2 Å². The molecule has 96 heavy (non-hydrogen) atoms. The predicted octanol–water partition coefficient (Wildman–Crippen LogP) is 29.9. The summed E-state index contributed by atoms with van der Waals surface area (Å²) in [4.78, 5) is 50.7. The number of aryl methyl sites for hydroxylation is 6. The SMILES string of the molecule is CCCCCCNC(=O)c1cc2c(C)sc(-c3cc4c(-c5ccc(C)s5)c(-c5ccc(C)s5)c5cc(-c6sc(-c7cc8c(-c9ccc(CCCCCCBr)s9)c(-c9ccc(CCCCCCBr)s9)c9cc(C)sc9c8s7)c7sc(C(=O)NCCCCCC)cc67)sc5c4s3)c2s1. The zero-order chi connectivity index (χ0) is 66.1. The number of halogens is 2. The minimum absolute atomic E-state index is 0.0220. The molecule has 0 bridgehead atoms. The summed E-state index contributed by atoms with van der Waals surface area (Å²) in [5.41, 5.74) is 5.35. The number of hydrogen-bond acceptors (Lipinski definition) is 14. The fourth-order valence-corrected chi connectivity index (χ4v) is 28.5. The van der Waals surface area contributed by atoms with Gasteiger partial charge in [0.2, 0.25) is 0 Å². The zero-order valence-corrected chi connectivity index (χ0v) is 68.1. The second-order valence-electron chi connectivity index (χ2n) is 25.3. The van der Waals surface area contributed by atoms with Crippen LogP contribution in [0.15, 0.2) is 84.9 Å². The van der Waals surface area contributed by atoms with E-state index in [-0.39, 0.29) is 11.8 Å². The molecule has 0 saturated carbocycles.